The molecule has 7 heteroatoms. The van der Waals surface area contributed by atoms with Gasteiger partial charge in [-0.05, 0) is 29.6 Å². The Morgan fingerprint density at radius 2 is 2.14 bits per heavy atom. The van der Waals surface area contributed by atoms with Crippen LogP contribution in [0, 0.1) is 0 Å². The van der Waals surface area contributed by atoms with E-state index in [0.717, 1.165) is 21.7 Å². The third-order valence-electron chi connectivity index (χ3n) is 2.79. The van der Waals surface area contributed by atoms with Crippen molar-refractivity contribution < 1.29 is 4.79 Å². The van der Waals surface area contributed by atoms with Crippen molar-refractivity contribution in [3.8, 4) is 0 Å². The van der Waals surface area contributed by atoms with Gasteiger partial charge in [-0.25, -0.2) is 9.97 Å². The molecule has 0 spiro atoms. The van der Waals surface area contributed by atoms with Crippen molar-refractivity contribution >= 4 is 56.3 Å². The maximum absolute atomic E-state index is 11.1. The predicted octanol–water partition coefficient (Wildman–Crippen LogP) is 4.05. The van der Waals surface area contributed by atoms with Crippen molar-refractivity contribution in [3.63, 3.8) is 0 Å². The average molecular weight is 319 g/mol. The van der Waals surface area contributed by atoms with Gasteiger partial charge in [-0.3, -0.25) is 4.79 Å². The zero-order valence-corrected chi connectivity index (χ0v) is 12.6. The molecule has 0 fully saturated rings. The summed E-state index contributed by atoms with van der Waals surface area (Å²) in [5.74, 6) is 0.576. The van der Waals surface area contributed by atoms with Crippen LogP contribution in [0.4, 0.5) is 17.2 Å². The Kier molecular flexibility index (Phi) is 3.72. The quantitative estimate of drug-likeness (QED) is 0.764. The summed E-state index contributed by atoms with van der Waals surface area (Å²) in [6, 6.07) is 7.27. The van der Waals surface area contributed by atoms with Crippen LogP contribution in [0.25, 0.3) is 10.2 Å². The summed E-state index contributed by atoms with van der Waals surface area (Å²) in [7, 11) is 0. The smallest absolute Gasteiger partial charge is 0.221 e. The first-order valence-electron chi connectivity index (χ1n) is 6.16. The van der Waals surface area contributed by atoms with Gasteiger partial charge in [-0.1, -0.05) is 11.6 Å². The highest BCUT2D eigenvalue weighted by atomic mass is 35.5. The number of nitrogens with one attached hydrogen (secondary N) is 2. The molecule has 0 bridgehead atoms. The summed E-state index contributed by atoms with van der Waals surface area (Å²) in [6.07, 6.45) is 1.52. The van der Waals surface area contributed by atoms with Gasteiger partial charge in [0.25, 0.3) is 0 Å². The fraction of sp³-hybridized carbons (Fsp3) is 0.0714. The van der Waals surface area contributed by atoms with E-state index in [1.54, 1.807) is 23.5 Å². The zero-order valence-electron chi connectivity index (χ0n) is 11.1. The highest BCUT2D eigenvalue weighted by molar-refractivity contribution is 7.17. The van der Waals surface area contributed by atoms with E-state index in [4.69, 9.17) is 11.6 Å². The van der Waals surface area contributed by atoms with E-state index >= 15 is 0 Å². The van der Waals surface area contributed by atoms with E-state index in [1.165, 1.54) is 13.3 Å². The molecule has 106 valence electrons. The predicted molar refractivity (Wildman–Crippen MR) is 86.5 cm³/mol. The van der Waals surface area contributed by atoms with Crippen LogP contribution >= 0.6 is 22.9 Å². The number of amides is 1. The Bertz CT molecular complexity index is 818. The van der Waals surface area contributed by atoms with Crippen LogP contribution in [-0.4, -0.2) is 15.9 Å². The molecule has 21 heavy (non-hydrogen) atoms. The van der Waals surface area contributed by atoms with Gasteiger partial charge in [0.15, 0.2) is 5.82 Å². The summed E-state index contributed by atoms with van der Waals surface area (Å²) in [6.45, 7) is 1.44. The van der Waals surface area contributed by atoms with Gasteiger partial charge in [0.05, 0.1) is 20.9 Å². The van der Waals surface area contributed by atoms with Crippen molar-refractivity contribution in [2.75, 3.05) is 10.6 Å². The molecule has 2 aromatic heterocycles. The third-order valence-corrected chi connectivity index (χ3v) is 4.01. The van der Waals surface area contributed by atoms with Crippen LogP contribution in [0.5, 0.6) is 0 Å². The minimum absolute atomic E-state index is 0.159. The molecule has 0 aliphatic rings. The lowest BCUT2D eigenvalue weighted by Crippen LogP contribution is -2.06. The largest absolute Gasteiger partial charge is 0.339 e. The SMILES string of the molecule is CC(=O)Nc1ccc(Nc2ncnc3ccsc23)cc1Cl. The molecular formula is C14H11ClN4OS. The highest BCUT2D eigenvalue weighted by Crippen LogP contribution is 2.30. The fourth-order valence-corrected chi connectivity index (χ4v) is 2.92. The molecule has 0 aliphatic carbocycles. The van der Waals surface area contributed by atoms with Crippen LogP contribution in [0.15, 0.2) is 36.0 Å². The summed E-state index contributed by atoms with van der Waals surface area (Å²) in [5, 5.41) is 8.32. The Morgan fingerprint density at radius 3 is 2.90 bits per heavy atom. The van der Waals surface area contributed by atoms with E-state index in [0.29, 0.717) is 10.7 Å². The number of thiophene rings is 1. The Balaban J connectivity index is 1.90. The normalized spacial score (nSPS) is 10.6. The second-order valence-corrected chi connectivity index (χ2v) is 5.68. The molecule has 0 radical (unpaired) electrons. The van der Waals surface area contributed by atoms with Gasteiger partial charge >= 0.3 is 0 Å². The summed E-state index contributed by atoms with van der Waals surface area (Å²) < 4.78 is 0.986. The molecule has 0 atom stereocenters. The van der Waals surface area contributed by atoms with E-state index in [-0.39, 0.29) is 5.91 Å². The van der Waals surface area contributed by atoms with E-state index in [1.807, 2.05) is 17.5 Å². The maximum atomic E-state index is 11.1. The average Bonchev–Trinajstić information content (AvgIpc) is 2.91. The van der Waals surface area contributed by atoms with Crippen molar-refractivity contribution in [3.05, 3.63) is 41.0 Å². The Hall–Kier alpha value is -2.18. The van der Waals surface area contributed by atoms with E-state index < -0.39 is 0 Å². The van der Waals surface area contributed by atoms with Crippen molar-refractivity contribution in [1.82, 2.24) is 9.97 Å². The van der Waals surface area contributed by atoms with E-state index in [9.17, 15) is 4.79 Å². The lowest BCUT2D eigenvalue weighted by atomic mass is 10.2. The molecule has 1 amide bonds. The molecule has 0 saturated heterocycles. The maximum Gasteiger partial charge on any atom is 0.221 e. The second-order valence-electron chi connectivity index (χ2n) is 4.36. The number of anilines is 3. The summed E-state index contributed by atoms with van der Waals surface area (Å²) in [4.78, 5) is 19.5. The van der Waals surface area contributed by atoms with Crippen molar-refractivity contribution in [2.24, 2.45) is 0 Å². The first-order chi connectivity index (χ1) is 10.1. The lowest BCUT2D eigenvalue weighted by Gasteiger charge is -2.09. The van der Waals surface area contributed by atoms with Gasteiger partial charge in [0.1, 0.15) is 6.33 Å². The Labute approximate surface area is 130 Å². The van der Waals surface area contributed by atoms with Crippen LogP contribution in [0.3, 0.4) is 0 Å². The number of aromatic nitrogens is 2. The molecule has 2 heterocycles. The monoisotopic (exact) mass is 318 g/mol. The van der Waals surface area contributed by atoms with Gasteiger partial charge < -0.3 is 10.6 Å². The number of rotatable bonds is 3. The topological polar surface area (TPSA) is 66.9 Å². The first-order valence-corrected chi connectivity index (χ1v) is 7.41. The summed E-state index contributed by atoms with van der Waals surface area (Å²) in [5.41, 5.74) is 2.28. The third kappa shape index (κ3) is 2.96. The first kappa shape index (κ1) is 13.8. The van der Waals surface area contributed by atoms with Crippen LogP contribution in [-0.2, 0) is 4.79 Å². The molecule has 0 aliphatic heterocycles. The van der Waals surface area contributed by atoms with Gasteiger partial charge in [0, 0.05) is 12.6 Å². The van der Waals surface area contributed by atoms with Gasteiger partial charge in [0.2, 0.25) is 5.91 Å². The fourth-order valence-electron chi connectivity index (χ4n) is 1.90. The van der Waals surface area contributed by atoms with Crippen molar-refractivity contribution in [1.29, 1.82) is 0 Å². The number of hydrogen-bond acceptors (Lipinski definition) is 5. The number of hydrogen-bond donors (Lipinski definition) is 2. The number of benzene rings is 1. The van der Waals surface area contributed by atoms with Crippen LogP contribution in [0.2, 0.25) is 5.02 Å². The molecule has 5 nitrogen and oxygen atoms in total. The minimum Gasteiger partial charge on any atom is -0.339 e. The molecule has 3 aromatic rings. The molecule has 2 N–H and O–H groups in total. The van der Waals surface area contributed by atoms with Gasteiger partial charge in [-0.15, -0.1) is 11.3 Å². The Morgan fingerprint density at radius 1 is 1.29 bits per heavy atom. The number of carbonyl (C=O) groups excluding carboxylic acids is 1. The van der Waals surface area contributed by atoms with E-state index in [2.05, 4.69) is 20.6 Å². The zero-order chi connectivity index (χ0) is 14.8. The number of halogens is 1. The number of fused-ring (bicyclic) bond motifs is 1. The standard InChI is InChI=1S/C14H11ClN4OS/c1-8(20)18-11-3-2-9(6-10(11)15)19-14-13-12(4-5-21-13)16-7-17-14/h2-7H,1H3,(H,18,20)(H,16,17,19). The highest BCUT2D eigenvalue weighted by Gasteiger charge is 2.07. The molecule has 0 unspecified atom stereocenters. The molecule has 1 aromatic carbocycles. The molecular weight excluding hydrogens is 308 g/mol. The van der Waals surface area contributed by atoms with Crippen molar-refractivity contribution in [2.45, 2.75) is 6.92 Å². The minimum atomic E-state index is -0.159. The van der Waals surface area contributed by atoms with Crippen LogP contribution in [0.1, 0.15) is 6.92 Å². The molecule has 0 saturated carbocycles. The number of carbonyl (C=O) groups is 1. The van der Waals surface area contributed by atoms with Crippen LogP contribution < -0.4 is 10.6 Å². The summed E-state index contributed by atoms with van der Waals surface area (Å²) >= 11 is 7.72. The second kappa shape index (κ2) is 5.67. The lowest BCUT2D eigenvalue weighted by molar-refractivity contribution is -0.114. The number of nitrogens with zero attached hydrogens (tertiary/aromatic N) is 2. The molecule has 3 rings (SSSR count). The van der Waals surface area contributed by atoms with Gasteiger partial charge in [-0.2, -0.15) is 0 Å².